The minimum atomic E-state index is -0.153. The van der Waals surface area contributed by atoms with Crippen molar-refractivity contribution >= 4 is 0 Å². The maximum atomic E-state index is 9.17. The van der Waals surface area contributed by atoms with Crippen LogP contribution in [0.25, 0.3) is 0 Å². The molecule has 1 unspecified atom stereocenters. The molecule has 142 valence electrons. The first-order valence-electron chi connectivity index (χ1n) is 9.99. The second kappa shape index (κ2) is 16.0. The molecule has 0 aliphatic carbocycles. The number of nitrogens with zero attached hydrogens (tertiary/aromatic N) is 3. The first-order chi connectivity index (χ1) is 12.3. The monoisotopic (exact) mass is 348 g/mol. The van der Waals surface area contributed by atoms with E-state index in [4.69, 9.17) is 5.11 Å². The Hall–Kier alpha value is -1.49. The van der Waals surface area contributed by atoms with E-state index >= 15 is 0 Å². The van der Waals surface area contributed by atoms with Gasteiger partial charge in [-0.2, -0.15) is 5.21 Å². The van der Waals surface area contributed by atoms with Crippen LogP contribution in [0.1, 0.15) is 89.8 Å². The van der Waals surface area contributed by atoms with Crippen LogP contribution in [0, 0.1) is 0 Å². The van der Waals surface area contributed by atoms with Crippen molar-refractivity contribution in [3.63, 3.8) is 0 Å². The molecule has 0 aromatic carbocycles. The first-order valence-corrected chi connectivity index (χ1v) is 9.99. The van der Waals surface area contributed by atoms with Crippen LogP contribution in [-0.2, 0) is 6.42 Å². The Morgan fingerprint density at radius 1 is 0.840 bits per heavy atom. The van der Waals surface area contributed by atoms with Crippen molar-refractivity contribution in [3.8, 4) is 0 Å². The Morgan fingerprint density at radius 2 is 1.40 bits per heavy atom. The number of aromatic amines is 1. The lowest BCUT2D eigenvalue weighted by Gasteiger charge is -2.00. The summed E-state index contributed by atoms with van der Waals surface area (Å²) in [6, 6.07) is 0. The fraction of sp³-hybridized carbons (Fsp3) is 0.750. The molecule has 0 aliphatic rings. The minimum absolute atomic E-state index is 0.153. The van der Waals surface area contributed by atoms with Crippen LogP contribution in [0.4, 0.5) is 0 Å². The number of H-pyrrole nitrogens is 1. The molecule has 0 aliphatic heterocycles. The average molecular weight is 349 g/mol. The highest BCUT2D eigenvalue weighted by Crippen LogP contribution is 2.09. The number of hydrogen-bond acceptors (Lipinski definition) is 4. The van der Waals surface area contributed by atoms with Crippen molar-refractivity contribution < 1.29 is 5.11 Å². The second-order valence-electron chi connectivity index (χ2n) is 6.79. The Morgan fingerprint density at radius 3 is 1.96 bits per heavy atom. The highest BCUT2D eigenvalue weighted by Gasteiger charge is 1.95. The molecule has 25 heavy (non-hydrogen) atoms. The molecule has 0 radical (unpaired) electrons. The van der Waals surface area contributed by atoms with Crippen LogP contribution in [-0.4, -0.2) is 31.8 Å². The number of rotatable bonds is 16. The zero-order valence-corrected chi connectivity index (χ0v) is 15.9. The number of unbranched alkanes of at least 4 members (excludes halogenated alkanes) is 8. The fourth-order valence-corrected chi connectivity index (χ4v) is 2.72. The zero-order chi connectivity index (χ0) is 18.0. The second-order valence-corrected chi connectivity index (χ2v) is 6.79. The van der Waals surface area contributed by atoms with Gasteiger partial charge in [-0.25, -0.2) is 0 Å². The Kier molecular flexibility index (Phi) is 13.8. The third-order valence-electron chi connectivity index (χ3n) is 4.23. The van der Waals surface area contributed by atoms with Crippen LogP contribution in [0.5, 0.6) is 0 Å². The van der Waals surface area contributed by atoms with E-state index in [1.807, 2.05) is 6.92 Å². The van der Waals surface area contributed by atoms with E-state index in [2.05, 4.69) is 44.9 Å². The van der Waals surface area contributed by atoms with E-state index in [9.17, 15) is 0 Å². The molecule has 0 fully saturated rings. The van der Waals surface area contributed by atoms with E-state index in [-0.39, 0.29) is 6.10 Å². The van der Waals surface area contributed by atoms with Crippen molar-refractivity contribution in [2.75, 3.05) is 0 Å². The molecular weight excluding hydrogens is 312 g/mol. The van der Waals surface area contributed by atoms with Crippen molar-refractivity contribution in [1.29, 1.82) is 0 Å². The number of aromatic nitrogens is 4. The molecule has 0 spiro atoms. The third-order valence-corrected chi connectivity index (χ3v) is 4.23. The Bertz CT molecular complexity index is 441. The lowest BCUT2D eigenvalue weighted by Crippen LogP contribution is -1.97. The van der Waals surface area contributed by atoms with Gasteiger partial charge in [0.05, 0.1) is 6.10 Å². The van der Waals surface area contributed by atoms with E-state index in [0.29, 0.717) is 0 Å². The summed E-state index contributed by atoms with van der Waals surface area (Å²) in [6.45, 7) is 1.86. The zero-order valence-electron chi connectivity index (χ0n) is 15.9. The maximum absolute atomic E-state index is 9.17. The van der Waals surface area contributed by atoms with Gasteiger partial charge < -0.3 is 5.11 Å². The molecule has 5 heteroatoms. The molecule has 0 saturated heterocycles. The molecule has 1 heterocycles. The maximum Gasteiger partial charge on any atom is 0.174 e. The largest absolute Gasteiger partial charge is 0.393 e. The Labute approximate surface area is 153 Å². The van der Waals surface area contributed by atoms with Gasteiger partial charge >= 0.3 is 0 Å². The van der Waals surface area contributed by atoms with Gasteiger partial charge in [-0.1, -0.05) is 48.8 Å². The summed E-state index contributed by atoms with van der Waals surface area (Å²) >= 11 is 0. The number of allylic oxidation sites excluding steroid dienone is 4. The first kappa shape index (κ1) is 21.6. The summed E-state index contributed by atoms with van der Waals surface area (Å²) in [5.74, 6) is 0.808. The molecule has 1 aromatic rings. The number of tetrazole rings is 1. The van der Waals surface area contributed by atoms with Crippen molar-refractivity contribution in [2.24, 2.45) is 0 Å². The fourth-order valence-electron chi connectivity index (χ4n) is 2.72. The van der Waals surface area contributed by atoms with Crippen molar-refractivity contribution in [2.45, 2.75) is 96.5 Å². The predicted molar refractivity (Wildman–Crippen MR) is 103 cm³/mol. The smallest absolute Gasteiger partial charge is 0.174 e. The van der Waals surface area contributed by atoms with Gasteiger partial charge in [0.15, 0.2) is 5.82 Å². The molecule has 1 atom stereocenters. The number of hydrogen-bond donors (Lipinski definition) is 2. The van der Waals surface area contributed by atoms with Crippen LogP contribution in [0.2, 0.25) is 0 Å². The lowest BCUT2D eigenvalue weighted by molar-refractivity contribution is 0.182. The minimum Gasteiger partial charge on any atom is -0.393 e. The van der Waals surface area contributed by atoms with Crippen LogP contribution < -0.4 is 0 Å². The molecule has 2 N–H and O–H groups in total. The summed E-state index contributed by atoms with van der Waals surface area (Å²) in [5.41, 5.74) is 0. The summed E-state index contributed by atoms with van der Waals surface area (Å²) in [5, 5.41) is 23.1. The summed E-state index contributed by atoms with van der Waals surface area (Å²) in [4.78, 5) is 0. The summed E-state index contributed by atoms with van der Waals surface area (Å²) < 4.78 is 0. The highest BCUT2D eigenvalue weighted by atomic mass is 16.3. The van der Waals surface area contributed by atoms with E-state index in [1.54, 1.807) is 0 Å². The Balaban J connectivity index is 1.76. The summed E-state index contributed by atoms with van der Waals surface area (Å²) in [7, 11) is 0. The molecule has 0 bridgehead atoms. The predicted octanol–water partition coefficient (Wildman–Crippen LogP) is 4.92. The van der Waals surface area contributed by atoms with Gasteiger partial charge in [0.2, 0.25) is 0 Å². The van der Waals surface area contributed by atoms with E-state index in [1.165, 1.54) is 44.9 Å². The van der Waals surface area contributed by atoms with E-state index < -0.39 is 0 Å². The molecular formula is C20H36N4O. The van der Waals surface area contributed by atoms with Gasteiger partial charge in [-0.05, 0) is 64.7 Å². The SMILES string of the molecule is CC(O)CCC/C=C\CCCCCCC/C=C\CCCc1nn[nH]n1. The van der Waals surface area contributed by atoms with Gasteiger partial charge in [0.25, 0.3) is 0 Å². The highest BCUT2D eigenvalue weighted by molar-refractivity contribution is 4.84. The number of aryl methyl sites for hydroxylation is 1. The third kappa shape index (κ3) is 14.6. The quantitative estimate of drug-likeness (QED) is 0.328. The van der Waals surface area contributed by atoms with Gasteiger partial charge in [-0.15, -0.1) is 10.2 Å². The number of aliphatic hydroxyl groups is 1. The van der Waals surface area contributed by atoms with Crippen LogP contribution >= 0.6 is 0 Å². The number of nitrogens with one attached hydrogen (secondary N) is 1. The van der Waals surface area contributed by atoms with Gasteiger partial charge in [0.1, 0.15) is 0 Å². The van der Waals surface area contributed by atoms with Gasteiger partial charge in [-0.3, -0.25) is 0 Å². The van der Waals surface area contributed by atoms with E-state index in [0.717, 1.165) is 44.3 Å². The van der Waals surface area contributed by atoms with Crippen molar-refractivity contribution in [3.05, 3.63) is 30.1 Å². The molecule has 1 rings (SSSR count). The van der Waals surface area contributed by atoms with Crippen molar-refractivity contribution in [1.82, 2.24) is 20.6 Å². The molecule has 0 saturated carbocycles. The lowest BCUT2D eigenvalue weighted by atomic mass is 10.1. The normalized spacial score (nSPS) is 13.2. The van der Waals surface area contributed by atoms with Crippen LogP contribution in [0.3, 0.4) is 0 Å². The topological polar surface area (TPSA) is 74.7 Å². The molecule has 1 aromatic heterocycles. The molecule has 5 nitrogen and oxygen atoms in total. The summed E-state index contributed by atoms with van der Waals surface area (Å²) in [6.07, 6.45) is 24.2. The molecule has 0 amide bonds. The average Bonchev–Trinajstić information content (AvgIpc) is 3.11. The van der Waals surface area contributed by atoms with Crippen LogP contribution in [0.15, 0.2) is 24.3 Å². The van der Waals surface area contributed by atoms with Gasteiger partial charge in [0, 0.05) is 6.42 Å². The standard InChI is InChI=1S/C20H36N4O/c1-19(25)17-15-13-11-9-7-5-3-2-4-6-8-10-12-14-16-18-20-21-23-24-22-20/h9-12,19,25H,2-8,13-18H2,1H3,(H,21,22,23,24)/b11-9-,12-10-. The number of aliphatic hydroxyl groups excluding tert-OH is 1.